The van der Waals surface area contributed by atoms with Crippen molar-refractivity contribution >= 4 is 11.6 Å². The Hall–Kier alpha value is -1.46. The highest BCUT2D eigenvalue weighted by Gasteiger charge is 2.08. The number of hydrogen-bond acceptors (Lipinski definition) is 3. The Morgan fingerprint density at radius 1 is 1.44 bits per heavy atom. The largest absolute Gasteiger partial charge is 0.311 e. The van der Waals surface area contributed by atoms with Crippen LogP contribution in [0.4, 0.5) is 4.39 Å². The van der Waals surface area contributed by atoms with Crippen molar-refractivity contribution in [1.29, 1.82) is 0 Å². The first kappa shape index (κ1) is 13.0. The van der Waals surface area contributed by atoms with Gasteiger partial charge in [0.1, 0.15) is 5.82 Å². The number of hydrogen-bond donors (Lipinski definition) is 1. The van der Waals surface area contributed by atoms with Crippen LogP contribution < -0.4 is 5.32 Å². The van der Waals surface area contributed by atoms with Crippen LogP contribution in [-0.2, 0) is 13.1 Å². The van der Waals surface area contributed by atoms with E-state index in [1.807, 2.05) is 6.92 Å². The molecule has 0 atom stereocenters. The minimum atomic E-state index is -0.400. The van der Waals surface area contributed by atoms with Gasteiger partial charge in [-0.3, -0.25) is 0 Å². The molecule has 0 fully saturated rings. The molecule has 1 aromatic carbocycles. The summed E-state index contributed by atoms with van der Waals surface area (Å²) < 4.78 is 15.3. The molecule has 0 bridgehead atoms. The smallest absolute Gasteiger partial charge is 0.146 e. The summed E-state index contributed by atoms with van der Waals surface area (Å²) >= 11 is 5.72. The van der Waals surface area contributed by atoms with Crippen molar-refractivity contribution in [3.8, 4) is 0 Å². The summed E-state index contributed by atoms with van der Waals surface area (Å²) in [5, 5.41) is 11.2. The van der Waals surface area contributed by atoms with E-state index in [9.17, 15) is 4.39 Å². The van der Waals surface area contributed by atoms with Gasteiger partial charge in [-0.2, -0.15) is 0 Å². The maximum atomic E-state index is 13.7. The molecule has 0 aliphatic carbocycles. The van der Waals surface area contributed by atoms with Crippen LogP contribution in [0.2, 0.25) is 5.02 Å². The van der Waals surface area contributed by atoms with Crippen LogP contribution >= 0.6 is 11.6 Å². The fourth-order valence-electron chi connectivity index (χ4n) is 1.59. The Morgan fingerprint density at radius 2 is 2.28 bits per heavy atom. The quantitative estimate of drug-likeness (QED) is 0.904. The number of rotatable bonds is 5. The zero-order chi connectivity index (χ0) is 13.0. The van der Waals surface area contributed by atoms with Crippen molar-refractivity contribution in [3.63, 3.8) is 0 Å². The average molecular weight is 269 g/mol. The van der Waals surface area contributed by atoms with Gasteiger partial charge in [-0.1, -0.05) is 35.9 Å². The molecule has 2 aromatic rings. The number of nitrogens with one attached hydrogen (secondary N) is 1. The van der Waals surface area contributed by atoms with Gasteiger partial charge in [-0.25, -0.2) is 9.07 Å². The first-order valence-electron chi connectivity index (χ1n) is 5.73. The molecule has 0 unspecified atom stereocenters. The van der Waals surface area contributed by atoms with Crippen molar-refractivity contribution < 1.29 is 4.39 Å². The molecule has 0 saturated heterocycles. The van der Waals surface area contributed by atoms with Gasteiger partial charge < -0.3 is 5.32 Å². The van der Waals surface area contributed by atoms with Gasteiger partial charge in [0.25, 0.3) is 0 Å². The minimum absolute atomic E-state index is 0.125. The SMILES string of the molecule is CCNCc1cn(Cc2cccc(Cl)c2F)nn1. The second kappa shape index (κ2) is 5.93. The first-order chi connectivity index (χ1) is 8.70. The van der Waals surface area contributed by atoms with E-state index >= 15 is 0 Å². The molecule has 4 nitrogen and oxygen atoms in total. The molecule has 1 aromatic heterocycles. The van der Waals surface area contributed by atoms with Crippen LogP contribution in [0.15, 0.2) is 24.4 Å². The van der Waals surface area contributed by atoms with Crippen LogP contribution in [0.1, 0.15) is 18.2 Å². The number of halogens is 2. The Kier molecular flexibility index (Phi) is 4.28. The fraction of sp³-hybridized carbons (Fsp3) is 0.333. The van der Waals surface area contributed by atoms with E-state index in [2.05, 4.69) is 15.6 Å². The summed E-state index contributed by atoms with van der Waals surface area (Å²) in [7, 11) is 0. The number of aromatic nitrogens is 3. The lowest BCUT2D eigenvalue weighted by molar-refractivity contribution is 0.577. The molecule has 96 valence electrons. The monoisotopic (exact) mass is 268 g/mol. The summed E-state index contributed by atoms with van der Waals surface area (Å²) in [6.45, 7) is 3.88. The second-order valence-electron chi connectivity index (χ2n) is 3.90. The van der Waals surface area contributed by atoms with Gasteiger partial charge in [-0.15, -0.1) is 5.10 Å². The molecule has 2 rings (SSSR count). The minimum Gasteiger partial charge on any atom is -0.311 e. The van der Waals surface area contributed by atoms with Crippen molar-refractivity contribution in [2.75, 3.05) is 6.54 Å². The molecule has 6 heteroatoms. The highest BCUT2D eigenvalue weighted by atomic mass is 35.5. The summed E-state index contributed by atoms with van der Waals surface area (Å²) in [6.07, 6.45) is 1.79. The first-order valence-corrected chi connectivity index (χ1v) is 6.11. The number of nitrogens with zero attached hydrogens (tertiary/aromatic N) is 3. The predicted molar refractivity (Wildman–Crippen MR) is 67.9 cm³/mol. The third-order valence-electron chi connectivity index (χ3n) is 2.51. The van der Waals surface area contributed by atoms with Crippen molar-refractivity contribution in [2.24, 2.45) is 0 Å². The van der Waals surface area contributed by atoms with E-state index in [4.69, 9.17) is 11.6 Å². The molecule has 0 amide bonds. The molecule has 0 spiro atoms. The lowest BCUT2D eigenvalue weighted by Crippen LogP contribution is -2.11. The van der Waals surface area contributed by atoms with Crippen molar-refractivity contribution in [2.45, 2.75) is 20.0 Å². The van der Waals surface area contributed by atoms with Crippen LogP contribution in [-0.4, -0.2) is 21.5 Å². The summed E-state index contributed by atoms with van der Waals surface area (Å²) in [6, 6.07) is 4.93. The second-order valence-corrected chi connectivity index (χ2v) is 4.31. The zero-order valence-electron chi connectivity index (χ0n) is 10.0. The average Bonchev–Trinajstić information content (AvgIpc) is 2.80. The molecule has 1 heterocycles. The third kappa shape index (κ3) is 3.05. The summed E-state index contributed by atoms with van der Waals surface area (Å²) in [4.78, 5) is 0. The maximum absolute atomic E-state index is 13.7. The van der Waals surface area contributed by atoms with Crippen LogP contribution in [0.3, 0.4) is 0 Å². The van der Waals surface area contributed by atoms with Gasteiger partial charge in [0, 0.05) is 12.1 Å². The van der Waals surface area contributed by atoms with E-state index in [-0.39, 0.29) is 5.02 Å². The molecule has 1 N–H and O–H groups in total. The highest BCUT2D eigenvalue weighted by molar-refractivity contribution is 6.30. The van der Waals surface area contributed by atoms with E-state index in [0.717, 1.165) is 12.2 Å². The van der Waals surface area contributed by atoms with Crippen molar-refractivity contribution in [3.05, 3.63) is 46.5 Å². The fourth-order valence-corrected chi connectivity index (χ4v) is 1.79. The van der Waals surface area contributed by atoms with E-state index in [1.54, 1.807) is 23.0 Å². The lowest BCUT2D eigenvalue weighted by atomic mass is 10.2. The normalized spacial score (nSPS) is 10.8. The number of benzene rings is 1. The predicted octanol–water partition coefficient (Wildman–Crippen LogP) is 2.23. The summed E-state index contributed by atoms with van der Waals surface area (Å²) in [5.74, 6) is -0.400. The van der Waals surface area contributed by atoms with Gasteiger partial charge in [0.15, 0.2) is 0 Å². The van der Waals surface area contributed by atoms with E-state index in [1.165, 1.54) is 6.07 Å². The lowest BCUT2D eigenvalue weighted by Gasteiger charge is -2.03. The maximum Gasteiger partial charge on any atom is 0.146 e. The summed E-state index contributed by atoms with van der Waals surface area (Å²) in [5.41, 5.74) is 1.33. The van der Waals surface area contributed by atoms with Crippen LogP contribution in [0, 0.1) is 5.82 Å². The molecule has 18 heavy (non-hydrogen) atoms. The molecule has 0 saturated carbocycles. The Morgan fingerprint density at radius 3 is 3.06 bits per heavy atom. The zero-order valence-corrected chi connectivity index (χ0v) is 10.8. The van der Waals surface area contributed by atoms with Crippen LogP contribution in [0.5, 0.6) is 0 Å². The molecule has 0 aliphatic rings. The van der Waals surface area contributed by atoms with E-state index in [0.29, 0.717) is 18.7 Å². The van der Waals surface area contributed by atoms with Gasteiger partial charge in [0.05, 0.1) is 23.5 Å². The molecule has 0 aliphatic heterocycles. The third-order valence-corrected chi connectivity index (χ3v) is 2.80. The standard InChI is InChI=1S/C12H14ClFN4/c1-2-15-6-10-8-18(17-16-10)7-9-4-3-5-11(13)12(9)14/h3-5,8,15H,2,6-7H2,1H3. The molecule has 0 radical (unpaired) electrons. The topological polar surface area (TPSA) is 42.7 Å². The molecular formula is C12H14ClFN4. The van der Waals surface area contributed by atoms with Crippen LogP contribution in [0.25, 0.3) is 0 Å². The Labute approximate surface area is 110 Å². The molecular weight excluding hydrogens is 255 g/mol. The van der Waals surface area contributed by atoms with Crippen molar-refractivity contribution in [1.82, 2.24) is 20.3 Å². The Balaban J connectivity index is 2.09. The van der Waals surface area contributed by atoms with Gasteiger partial charge >= 0.3 is 0 Å². The highest BCUT2D eigenvalue weighted by Crippen LogP contribution is 2.18. The Bertz CT molecular complexity index is 527. The van der Waals surface area contributed by atoms with E-state index < -0.39 is 5.82 Å². The van der Waals surface area contributed by atoms with Gasteiger partial charge in [-0.05, 0) is 12.6 Å². The van der Waals surface area contributed by atoms with Gasteiger partial charge in [0.2, 0.25) is 0 Å².